The first-order valence-corrected chi connectivity index (χ1v) is 9.41. The highest BCUT2D eigenvalue weighted by Crippen LogP contribution is 2.34. The largest absolute Gasteiger partial charge is 0.480 e. The zero-order chi connectivity index (χ0) is 22.7. The van der Waals surface area contributed by atoms with E-state index in [1.165, 1.54) is 49.5 Å². The number of nitrogens with one attached hydrogen (secondary N) is 1. The number of nitro groups is 1. The Kier molecular flexibility index (Phi) is 6.42. The molecule has 0 aliphatic heterocycles. The lowest BCUT2D eigenvalue weighted by molar-refractivity contribution is -0.384. The minimum absolute atomic E-state index is 0.0544. The van der Waals surface area contributed by atoms with Crippen LogP contribution in [0.15, 0.2) is 48.7 Å². The quantitative estimate of drug-likeness (QED) is 0.378. The van der Waals surface area contributed by atoms with Crippen LogP contribution in [0, 0.1) is 10.1 Å². The predicted octanol–water partition coefficient (Wildman–Crippen LogP) is 4.79. The summed E-state index contributed by atoms with van der Waals surface area (Å²) < 4.78 is 6.73. The minimum Gasteiger partial charge on any atom is -0.480 e. The number of hydrogen-bond donors (Lipinski definition) is 2. The Morgan fingerprint density at radius 2 is 1.97 bits per heavy atom. The molecule has 0 radical (unpaired) electrons. The summed E-state index contributed by atoms with van der Waals surface area (Å²) in [5.41, 5.74) is -0.328. The lowest BCUT2D eigenvalue weighted by Gasteiger charge is -2.10. The summed E-state index contributed by atoms with van der Waals surface area (Å²) in [6, 6.07) is 8.53. The first kappa shape index (κ1) is 22.1. The Labute approximate surface area is 185 Å². The van der Waals surface area contributed by atoms with Gasteiger partial charge in [0.2, 0.25) is 0 Å². The summed E-state index contributed by atoms with van der Waals surface area (Å²) in [6.07, 6.45) is 1.35. The molecule has 0 fully saturated rings. The first-order chi connectivity index (χ1) is 14.6. The number of amides is 1. The van der Waals surface area contributed by atoms with Gasteiger partial charge in [0.05, 0.1) is 21.7 Å². The third-order valence-corrected chi connectivity index (χ3v) is 4.61. The molecule has 0 aliphatic carbocycles. The van der Waals surface area contributed by atoms with E-state index in [1.54, 1.807) is 0 Å². The van der Waals surface area contributed by atoms with Crippen molar-refractivity contribution >= 4 is 46.5 Å². The van der Waals surface area contributed by atoms with Gasteiger partial charge in [-0.1, -0.05) is 23.2 Å². The molecule has 1 amide bonds. The second-order valence-electron chi connectivity index (χ2n) is 6.30. The van der Waals surface area contributed by atoms with Crippen LogP contribution < -0.4 is 10.1 Å². The highest BCUT2D eigenvalue weighted by atomic mass is 35.5. The summed E-state index contributed by atoms with van der Waals surface area (Å²) in [5, 5.41) is 27.3. The van der Waals surface area contributed by atoms with Crippen molar-refractivity contribution in [1.82, 2.24) is 9.78 Å². The van der Waals surface area contributed by atoms with E-state index in [-0.39, 0.29) is 33.6 Å². The van der Waals surface area contributed by atoms with E-state index in [4.69, 9.17) is 33.0 Å². The average molecular weight is 465 g/mol. The van der Waals surface area contributed by atoms with Gasteiger partial charge in [0.25, 0.3) is 11.6 Å². The number of anilines is 1. The molecule has 1 aromatic heterocycles. The number of rotatable bonds is 7. The number of carboxylic acid groups (broad SMARTS) is 1. The summed E-state index contributed by atoms with van der Waals surface area (Å²) in [5.74, 6) is -1.53. The number of hydrogen-bond acceptors (Lipinski definition) is 6. The number of carbonyl (C=O) groups excluding carboxylic acids is 1. The van der Waals surface area contributed by atoms with E-state index < -0.39 is 22.8 Å². The van der Waals surface area contributed by atoms with Gasteiger partial charge in [-0.15, -0.1) is 0 Å². The molecule has 0 spiro atoms. The molecule has 2 N–H and O–H groups in total. The van der Waals surface area contributed by atoms with Crippen molar-refractivity contribution in [3.8, 4) is 11.5 Å². The van der Waals surface area contributed by atoms with Crippen LogP contribution in [0.2, 0.25) is 10.0 Å². The fraction of sp³-hybridized carbons (Fsp3) is 0.105. The number of carbonyl (C=O) groups is 2. The molecule has 31 heavy (non-hydrogen) atoms. The Balaban J connectivity index is 1.86. The molecule has 0 aliphatic rings. The highest BCUT2D eigenvalue weighted by Gasteiger charge is 2.19. The molecular weight excluding hydrogens is 451 g/mol. The van der Waals surface area contributed by atoms with E-state index in [9.17, 15) is 19.7 Å². The van der Waals surface area contributed by atoms with Gasteiger partial charge >= 0.3 is 5.97 Å². The van der Waals surface area contributed by atoms with Gasteiger partial charge in [-0.3, -0.25) is 19.6 Å². The molecule has 1 heterocycles. The number of nitro benzene ring substituents is 1. The number of aliphatic carboxylic acids is 1. The third kappa shape index (κ3) is 5.30. The second kappa shape index (κ2) is 9.02. The second-order valence-corrected chi connectivity index (χ2v) is 7.14. The van der Waals surface area contributed by atoms with Gasteiger partial charge < -0.3 is 15.2 Å². The lowest BCUT2D eigenvalue weighted by Crippen LogP contribution is -2.18. The zero-order valence-corrected chi connectivity index (χ0v) is 17.3. The number of aromatic nitrogens is 2. The standard InChI is InChI=1S/C19H14Cl2N4O6/c1-10(19(27)28)24-5-4-16(23-24)18(26)22-12-7-13(25(29)30)9-14(8-12)31-17-3-2-11(20)6-15(17)21/h2-10H,1H3,(H,22,26)(H,27,28). The fourth-order valence-electron chi connectivity index (χ4n) is 2.49. The molecule has 3 aromatic rings. The van der Waals surface area contributed by atoms with Crippen LogP contribution >= 0.6 is 23.2 Å². The van der Waals surface area contributed by atoms with Crippen LogP contribution in [0.25, 0.3) is 0 Å². The SMILES string of the molecule is CC(C(=O)O)n1ccc(C(=O)Nc2cc(Oc3ccc(Cl)cc3Cl)cc([N+](=O)[O-])c2)n1. The van der Waals surface area contributed by atoms with Crippen molar-refractivity contribution in [2.45, 2.75) is 13.0 Å². The number of nitrogens with zero attached hydrogens (tertiary/aromatic N) is 3. The molecule has 2 aromatic carbocycles. The van der Waals surface area contributed by atoms with Crippen molar-refractivity contribution in [1.29, 1.82) is 0 Å². The Morgan fingerprint density at radius 1 is 1.23 bits per heavy atom. The van der Waals surface area contributed by atoms with Crippen LogP contribution in [-0.2, 0) is 4.79 Å². The van der Waals surface area contributed by atoms with E-state index in [1.807, 2.05) is 0 Å². The molecular formula is C19H14Cl2N4O6. The Hall–Kier alpha value is -3.63. The molecule has 12 heteroatoms. The molecule has 10 nitrogen and oxygen atoms in total. The predicted molar refractivity (Wildman–Crippen MR) is 112 cm³/mol. The molecule has 1 atom stereocenters. The normalized spacial score (nSPS) is 11.6. The first-order valence-electron chi connectivity index (χ1n) is 8.65. The van der Waals surface area contributed by atoms with E-state index in [0.717, 1.165) is 10.7 Å². The fourth-order valence-corrected chi connectivity index (χ4v) is 2.93. The number of benzene rings is 2. The Bertz CT molecular complexity index is 1180. The maximum Gasteiger partial charge on any atom is 0.328 e. The number of carboxylic acids is 1. The van der Waals surface area contributed by atoms with Crippen LogP contribution in [0.4, 0.5) is 11.4 Å². The van der Waals surface area contributed by atoms with Gasteiger partial charge in [0.1, 0.15) is 17.5 Å². The molecule has 3 rings (SSSR count). The average Bonchev–Trinajstić information content (AvgIpc) is 3.19. The van der Waals surface area contributed by atoms with Gasteiger partial charge in [0, 0.05) is 23.4 Å². The van der Waals surface area contributed by atoms with Crippen molar-refractivity contribution in [3.05, 3.63) is 74.5 Å². The highest BCUT2D eigenvalue weighted by molar-refractivity contribution is 6.35. The van der Waals surface area contributed by atoms with Crippen LogP contribution in [0.1, 0.15) is 23.5 Å². The third-order valence-electron chi connectivity index (χ3n) is 4.08. The summed E-state index contributed by atoms with van der Waals surface area (Å²) in [7, 11) is 0. The summed E-state index contributed by atoms with van der Waals surface area (Å²) in [4.78, 5) is 34.2. The number of non-ortho nitro benzene ring substituents is 1. The van der Waals surface area contributed by atoms with Gasteiger partial charge in [0.15, 0.2) is 5.69 Å². The summed E-state index contributed by atoms with van der Waals surface area (Å²) >= 11 is 11.9. The van der Waals surface area contributed by atoms with Gasteiger partial charge in [-0.05, 0) is 31.2 Å². The molecule has 160 valence electrons. The van der Waals surface area contributed by atoms with Gasteiger partial charge in [-0.2, -0.15) is 5.10 Å². The molecule has 0 saturated heterocycles. The summed E-state index contributed by atoms with van der Waals surface area (Å²) in [6.45, 7) is 1.41. The van der Waals surface area contributed by atoms with Crippen molar-refractivity contribution in [2.75, 3.05) is 5.32 Å². The van der Waals surface area contributed by atoms with Crippen LogP contribution in [0.3, 0.4) is 0 Å². The van der Waals surface area contributed by atoms with E-state index in [0.29, 0.717) is 5.02 Å². The molecule has 0 saturated carbocycles. The monoisotopic (exact) mass is 464 g/mol. The van der Waals surface area contributed by atoms with E-state index in [2.05, 4.69) is 10.4 Å². The van der Waals surface area contributed by atoms with Crippen LogP contribution in [-0.4, -0.2) is 31.7 Å². The Morgan fingerprint density at radius 3 is 2.61 bits per heavy atom. The topological polar surface area (TPSA) is 137 Å². The van der Waals surface area contributed by atoms with Crippen LogP contribution in [0.5, 0.6) is 11.5 Å². The van der Waals surface area contributed by atoms with Gasteiger partial charge in [-0.25, -0.2) is 4.79 Å². The van der Waals surface area contributed by atoms with Crippen molar-refractivity contribution in [3.63, 3.8) is 0 Å². The lowest BCUT2D eigenvalue weighted by atomic mass is 10.2. The maximum absolute atomic E-state index is 12.5. The zero-order valence-electron chi connectivity index (χ0n) is 15.8. The van der Waals surface area contributed by atoms with Crippen molar-refractivity contribution < 1.29 is 24.4 Å². The number of ether oxygens (including phenoxy) is 1. The smallest absolute Gasteiger partial charge is 0.328 e. The van der Waals surface area contributed by atoms with E-state index >= 15 is 0 Å². The minimum atomic E-state index is -1.11. The molecule has 1 unspecified atom stereocenters. The maximum atomic E-state index is 12.5. The van der Waals surface area contributed by atoms with Crippen molar-refractivity contribution in [2.24, 2.45) is 0 Å². The molecule has 0 bridgehead atoms. The number of halogens is 2.